The zero-order chi connectivity index (χ0) is 24.6. The van der Waals surface area contributed by atoms with Crippen LogP contribution in [0.1, 0.15) is 58.8 Å². The number of nitrogens with one attached hydrogen (secondary N) is 3. The summed E-state index contributed by atoms with van der Waals surface area (Å²) in [5.74, 6) is -1.18. The summed E-state index contributed by atoms with van der Waals surface area (Å²) in [4.78, 5) is 31.6. The minimum atomic E-state index is -4.68. The third kappa shape index (κ3) is 5.74. The lowest BCUT2D eigenvalue weighted by molar-refractivity contribution is -0.0877. The van der Waals surface area contributed by atoms with E-state index < -0.39 is 35.3 Å². The van der Waals surface area contributed by atoms with Gasteiger partial charge in [-0.2, -0.15) is 13.2 Å². The zero-order valence-electron chi connectivity index (χ0n) is 18.8. The van der Waals surface area contributed by atoms with Gasteiger partial charge in [0.2, 0.25) is 0 Å². The van der Waals surface area contributed by atoms with Crippen molar-refractivity contribution in [2.75, 3.05) is 20.1 Å². The van der Waals surface area contributed by atoms with Crippen LogP contribution in [0, 0.1) is 0 Å². The molecule has 0 aromatic carbocycles. The Morgan fingerprint density at radius 1 is 1.36 bits per heavy atom. The van der Waals surface area contributed by atoms with Gasteiger partial charge in [0.1, 0.15) is 5.69 Å². The topological polar surface area (TPSA) is 107 Å². The van der Waals surface area contributed by atoms with Crippen molar-refractivity contribution in [2.45, 2.75) is 57.6 Å². The molecule has 2 amide bonds. The van der Waals surface area contributed by atoms with Crippen molar-refractivity contribution in [1.82, 2.24) is 25.8 Å². The van der Waals surface area contributed by atoms with Crippen LogP contribution in [0.25, 0.3) is 5.57 Å². The van der Waals surface area contributed by atoms with E-state index in [0.29, 0.717) is 6.54 Å². The number of likely N-dealkylation sites (N-methyl/N-ethyl adjacent to an activating group) is 1. The van der Waals surface area contributed by atoms with Crippen molar-refractivity contribution in [1.29, 1.82) is 0 Å². The highest BCUT2D eigenvalue weighted by molar-refractivity contribution is 7.15. The van der Waals surface area contributed by atoms with Gasteiger partial charge in [0.05, 0.1) is 22.2 Å². The summed E-state index contributed by atoms with van der Waals surface area (Å²) in [5.41, 5.74) is -2.54. The first kappa shape index (κ1) is 25.2. The number of thiazole rings is 1. The fraction of sp³-hybridized carbons (Fsp3) is 0.571. The predicted octanol–water partition coefficient (Wildman–Crippen LogP) is 2.25. The van der Waals surface area contributed by atoms with Crippen LogP contribution < -0.4 is 16.0 Å². The van der Waals surface area contributed by atoms with E-state index in [-0.39, 0.29) is 33.7 Å². The molecule has 33 heavy (non-hydrogen) atoms. The van der Waals surface area contributed by atoms with Crippen LogP contribution in [-0.2, 0) is 0 Å². The average Bonchev–Trinajstić information content (AvgIpc) is 3.36. The van der Waals surface area contributed by atoms with Crippen molar-refractivity contribution in [3.8, 4) is 0 Å². The number of halogens is 3. The molecule has 0 bridgehead atoms. The summed E-state index contributed by atoms with van der Waals surface area (Å²) in [7, 11) is 1.52. The second kappa shape index (κ2) is 9.43. The number of carbonyl (C=O) groups is 2. The van der Waals surface area contributed by atoms with Crippen molar-refractivity contribution in [2.24, 2.45) is 0 Å². The number of alkyl halides is 3. The average molecular weight is 488 g/mol. The van der Waals surface area contributed by atoms with Gasteiger partial charge in [0.15, 0.2) is 5.01 Å². The van der Waals surface area contributed by atoms with Crippen molar-refractivity contribution in [3.05, 3.63) is 33.4 Å². The minimum Gasteiger partial charge on any atom is -0.389 e. The molecule has 0 spiro atoms. The molecular weight excluding hydrogens is 459 g/mol. The van der Waals surface area contributed by atoms with E-state index >= 15 is 0 Å². The van der Waals surface area contributed by atoms with E-state index in [2.05, 4.69) is 20.9 Å². The first-order valence-corrected chi connectivity index (χ1v) is 11.4. The number of rotatable bonds is 6. The monoisotopic (exact) mass is 487 g/mol. The summed E-state index contributed by atoms with van der Waals surface area (Å²) < 4.78 is 41.8. The van der Waals surface area contributed by atoms with Crippen molar-refractivity contribution < 1.29 is 27.9 Å². The number of nitrogens with zero attached hydrogens (tertiary/aromatic N) is 2. The lowest BCUT2D eigenvalue weighted by Gasteiger charge is -2.25. The predicted molar refractivity (Wildman–Crippen MR) is 119 cm³/mol. The maximum Gasteiger partial charge on any atom is 0.416 e. The normalized spacial score (nSPS) is 21.4. The Morgan fingerprint density at radius 2 is 2.06 bits per heavy atom. The first-order chi connectivity index (χ1) is 15.3. The van der Waals surface area contributed by atoms with Gasteiger partial charge in [0, 0.05) is 30.9 Å². The molecular formula is C21H28F3N5O3S. The van der Waals surface area contributed by atoms with E-state index in [9.17, 15) is 27.9 Å². The second-order valence-corrected chi connectivity index (χ2v) is 9.75. The third-order valence-corrected chi connectivity index (χ3v) is 6.50. The lowest BCUT2D eigenvalue weighted by Crippen LogP contribution is -2.39. The van der Waals surface area contributed by atoms with Gasteiger partial charge in [-0.3, -0.25) is 14.9 Å². The molecule has 8 nitrogen and oxygen atoms in total. The molecule has 0 aliphatic carbocycles. The number of amides is 2. The van der Waals surface area contributed by atoms with Gasteiger partial charge < -0.3 is 20.6 Å². The Bertz CT molecular complexity index is 981. The fourth-order valence-corrected chi connectivity index (χ4v) is 4.65. The van der Waals surface area contributed by atoms with Crippen LogP contribution in [0.4, 0.5) is 13.2 Å². The highest BCUT2D eigenvalue weighted by atomic mass is 32.1. The number of aliphatic hydroxyl groups is 1. The molecule has 12 heteroatoms. The molecule has 1 aromatic rings. The number of hydrogen-bond acceptors (Lipinski definition) is 7. The van der Waals surface area contributed by atoms with E-state index in [1.54, 1.807) is 4.90 Å². The molecule has 2 unspecified atom stereocenters. The van der Waals surface area contributed by atoms with Gasteiger partial charge in [-0.05, 0) is 46.7 Å². The SMILES string of the molecule is CNC1C=C(C(F)(F)F)C(c2sc(C(=O)NCC(C)(C)O)nc2C(=O)N2CCCC2C)=CN1. The molecule has 3 heterocycles. The molecule has 1 saturated heterocycles. The van der Waals surface area contributed by atoms with Gasteiger partial charge >= 0.3 is 6.18 Å². The molecule has 1 aromatic heterocycles. The molecule has 1 fully saturated rings. The molecule has 0 radical (unpaired) electrons. The molecule has 3 rings (SSSR count). The summed E-state index contributed by atoms with van der Waals surface area (Å²) in [6.07, 6.45) is -1.67. The molecule has 0 saturated carbocycles. The molecule has 4 N–H and O–H groups in total. The highest BCUT2D eigenvalue weighted by Crippen LogP contribution is 2.41. The largest absolute Gasteiger partial charge is 0.416 e. The Balaban J connectivity index is 2.06. The van der Waals surface area contributed by atoms with Crippen LogP contribution in [0.3, 0.4) is 0 Å². The Labute approximate surface area is 193 Å². The number of likely N-dealkylation sites (tertiary alicyclic amines) is 1. The van der Waals surface area contributed by atoms with Crippen LogP contribution in [-0.4, -0.2) is 70.9 Å². The molecule has 182 valence electrons. The summed E-state index contributed by atoms with van der Waals surface area (Å²) in [5, 5.41) is 17.8. The van der Waals surface area contributed by atoms with Crippen LogP contribution >= 0.6 is 11.3 Å². The van der Waals surface area contributed by atoms with Gasteiger partial charge in [-0.1, -0.05) is 0 Å². The van der Waals surface area contributed by atoms with E-state index in [1.165, 1.54) is 27.1 Å². The van der Waals surface area contributed by atoms with Crippen molar-refractivity contribution >= 4 is 28.7 Å². The summed E-state index contributed by atoms with van der Waals surface area (Å²) >= 11 is 0.720. The maximum atomic E-state index is 13.9. The van der Waals surface area contributed by atoms with Gasteiger partial charge in [0.25, 0.3) is 11.8 Å². The van der Waals surface area contributed by atoms with Crippen LogP contribution in [0.5, 0.6) is 0 Å². The van der Waals surface area contributed by atoms with Gasteiger partial charge in [-0.15, -0.1) is 11.3 Å². The van der Waals surface area contributed by atoms with Crippen molar-refractivity contribution in [3.63, 3.8) is 0 Å². The Kier molecular flexibility index (Phi) is 7.20. The minimum absolute atomic E-state index is 0.0295. The number of allylic oxidation sites excluding steroid dienone is 2. The number of hydrogen-bond donors (Lipinski definition) is 4. The quantitative estimate of drug-likeness (QED) is 0.491. The number of aromatic nitrogens is 1. The standard InChI is InChI=1S/C21H28F3N5O3S/c1-11-6-5-7-29(11)19(31)15-16(33-18(28-15)17(30)27-10-20(2,3)32)12-9-26-14(25-4)8-13(12)21(22,23)24/h8-9,11,14,25-26,32H,5-7,10H2,1-4H3,(H,27,30). The lowest BCUT2D eigenvalue weighted by atomic mass is 9.99. The molecule has 2 aliphatic rings. The third-order valence-electron chi connectivity index (χ3n) is 5.41. The van der Waals surface area contributed by atoms with Crippen LogP contribution in [0.15, 0.2) is 17.8 Å². The van der Waals surface area contributed by atoms with E-state index in [1.807, 2.05) is 6.92 Å². The first-order valence-electron chi connectivity index (χ1n) is 10.6. The fourth-order valence-electron chi connectivity index (χ4n) is 3.65. The number of dihydropyridines is 1. The summed E-state index contributed by atoms with van der Waals surface area (Å²) in [6.45, 7) is 5.25. The molecule has 2 atom stereocenters. The maximum absolute atomic E-state index is 13.9. The zero-order valence-corrected chi connectivity index (χ0v) is 19.7. The molecule has 2 aliphatic heterocycles. The second-order valence-electron chi connectivity index (χ2n) is 8.75. The van der Waals surface area contributed by atoms with E-state index in [0.717, 1.165) is 30.3 Å². The Hall–Kier alpha value is -2.44. The highest BCUT2D eigenvalue weighted by Gasteiger charge is 2.41. The summed E-state index contributed by atoms with van der Waals surface area (Å²) in [6, 6.07) is -0.0794. The number of carbonyl (C=O) groups excluding carboxylic acids is 2. The van der Waals surface area contributed by atoms with Crippen LogP contribution in [0.2, 0.25) is 0 Å². The smallest absolute Gasteiger partial charge is 0.389 e. The van der Waals surface area contributed by atoms with Gasteiger partial charge in [-0.25, -0.2) is 4.98 Å². The van der Waals surface area contributed by atoms with E-state index in [4.69, 9.17) is 0 Å². The Morgan fingerprint density at radius 3 is 2.61 bits per heavy atom.